The fraction of sp³-hybridized carbons (Fsp3) is 0.0769. The average Bonchev–Trinajstić information content (AvgIpc) is 3.17. The highest BCUT2D eigenvalue weighted by atomic mass is 32.1. The molecule has 0 atom stereocenters. The third-order valence-electron chi connectivity index (χ3n) is 2.60. The van der Waals surface area contributed by atoms with E-state index in [1.54, 1.807) is 13.2 Å². The lowest BCUT2D eigenvalue weighted by Crippen LogP contribution is -2.10. The maximum atomic E-state index is 12.0. The van der Waals surface area contributed by atoms with Gasteiger partial charge in [-0.15, -0.1) is 11.3 Å². The summed E-state index contributed by atoms with van der Waals surface area (Å²) >= 11 is 1.32. The number of amides is 1. The number of carbonyl (C=O) groups is 1. The summed E-state index contributed by atoms with van der Waals surface area (Å²) in [5.41, 5.74) is 1.47. The van der Waals surface area contributed by atoms with Crippen molar-refractivity contribution in [3.05, 3.63) is 41.7 Å². The van der Waals surface area contributed by atoms with Gasteiger partial charge in [0.15, 0.2) is 5.13 Å². The van der Waals surface area contributed by atoms with E-state index in [0.29, 0.717) is 10.8 Å². The summed E-state index contributed by atoms with van der Waals surface area (Å²) in [5, 5.41) is 7.68. The molecule has 7 nitrogen and oxygen atoms in total. The summed E-state index contributed by atoms with van der Waals surface area (Å²) in [5.74, 6) is -0.278. The van der Waals surface area contributed by atoms with Crippen LogP contribution in [0.25, 0.3) is 11.4 Å². The molecule has 106 valence electrons. The van der Waals surface area contributed by atoms with Gasteiger partial charge in [-0.3, -0.25) is 15.1 Å². The van der Waals surface area contributed by atoms with Gasteiger partial charge in [0.2, 0.25) is 5.76 Å². The van der Waals surface area contributed by atoms with Crippen molar-refractivity contribution in [1.29, 1.82) is 0 Å². The van der Waals surface area contributed by atoms with E-state index in [1.807, 2.05) is 23.6 Å². The fourth-order valence-electron chi connectivity index (χ4n) is 1.62. The van der Waals surface area contributed by atoms with Crippen LogP contribution in [0.5, 0.6) is 0 Å². The molecular weight excluding hydrogens is 290 g/mol. The van der Waals surface area contributed by atoms with E-state index in [4.69, 9.17) is 4.42 Å². The average molecular weight is 301 g/mol. The van der Waals surface area contributed by atoms with E-state index in [-0.39, 0.29) is 11.8 Å². The van der Waals surface area contributed by atoms with Gasteiger partial charge < -0.3 is 9.73 Å². The lowest BCUT2D eigenvalue weighted by molar-refractivity contribution is 0.0997. The van der Waals surface area contributed by atoms with Crippen LogP contribution >= 0.6 is 11.3 Å². The number of anilines is 2. The van der Waals surface area contributed by atoms with Gasteiger partial charge in [0.1, 0.15) is 5.69 Å². The zero-order valence-corrected chi connectivity index (χ0v) is 11.8. The Morgan fingerprint density at radius 3 is 2.90 bits per heavy atom. The van der Waals surface area contributed by atoms with Crippen LogP contribution in [-0.2, 0) is 0 Å². The Kier molecular flexibility index (Phi) is 3.61. The third kappa shape index (κ3) is 2.90. The van der Waals surface area contributed by atoms with Crippen LogP contribution in [0.2, 0.25) is 0 Å². The molecule has 1 amide bonds. The molecule has 0 unspecified atom stereocenters. The van der Waals surface area contributed by atoms with E-state index in [0.717, 1.165) is 5.69 Å². The van der Waals surface area contributed by atoms with Crippen LogP contribution in [0.1, 0.15) is 10.6 Å². The van der Waals surface area contributed by atoms with E-state index in [9.17, 15) is 4.79 Å². The van der Waals surface area contributed by atoms with E-state index >= 15 is 0 Å². The molecule has 0 spiro atoms. The normalized spacial score (nSPS) is 10.3. The Balaban J connectivity index is 1.74. The fourth-order valence-corrected chi connectivity index (χ4v) is 2.32. The molecule has 0 aliphatic carbocycles. The summed E-state index contributed by atoms with van der Waals surface area (Å²) < 4.78 is 5.19. The molecule has 0 radical (unpaired) electrons. The Morgan fingerprint density at radius 2 is 2.19 bits per heavy atom. The summed E-state index contributed by atoms with van der Waals surface area (Å²) in [4.78, 5) is 24.4. The van der Waals surface area contributed by atoms with Crippen LogP contribution in [0.3, 0.4) is 0 Å². The predicted molar refractivity (Wildman–Crippen MR) is 79.3 cm³/mol. The summed E-state index contributed by atoms with van der Waals surface area (Å²) in [6, 6.07) is 5.86. The second kappa shape index (κ2) is 5.71. The van der Waals surface area contributed by atoms with Crippen molar-refractivity contribution < 1.29 is 9.21 Å². The maximum Gasteiger partial charge on any atom is 0.294 e. The second-order valence-electron chi connectivity index (χ2n) is 3.99. The number of nitrogens with one attached hydrogen (secondary N) is 2. The van der Waals surface area contributed by atoms with Crippen molar-refractivity contribution in [1.82, 2.24) is 15.0 Å². The molecule has 0 aliphatic rings. The minimum Gasteiger partial charge on any atom is -0.418 e. The largest absolute Gasteiger partial charge is 0.418 e. The Morgan fingerprint density at radius 1 is 1.29 bits per heavy atom. The molecule has 0 aromatic carbocycles. The SMILES string of the molecule is CNc1ncc(C(=O)Nc2nc(-c3ccccn3)cs2)o1. The summed E-state index contributed by atoms with van der Waals surface area (Å²) in [6.07, 6.45) is 3.05. The Hall–Kier alpha value is -2.74. The maximum absolute atomic E-state index is 12.0. The van der Waals surface area contributed by atoms with Crippen molar-refractivity contribution in [2.45, 2.75) is 0 Å². The molecule has 0 bridgehead atoms. The minimum absolute atomic E-state index is 0.119. The standard InChI is InChI=1S/C13H11N5O2S/c1-14-12-16-6-10(20-12)11(19)18-13-17-9(7-21-13)8-4-2-3-5-15-8/h2-7H,1H3,(H,14,16)(H,17,18,19). The van der Waals surface area contributed by atoms with Crippen LogP contribution in [0, 0.1) is 0 Å². The lowest BCUT2D eigenvalue weighted by Gasteiger charge is -1.97. The first-order valence-corrected chi connectivity index (χ1v) is 6.96. The van der Waals surface area contributed by atoms with Gasteiger partial charge >= 0.3 is 0 Å². The number of nitrogens with zero attached hydrogens (tertiary/aromatic N) is 3. The van der Waals surface area contributed by atoms with Crippen LogP contribution < -0.4 is 10.6 Å². The van der Waals surface area contributed by atoms with Crippen molar-refractivity contribution >= 4 is 28.4 Å². The van der Waals surface area contributed by atoms with Gasteiger partial charge in [-0.25, -0.2) is 9.97 Å². The number of oxazole rings is 1. The first-order valence-electron chi connectivity index (χ1n) is 6.08. The molecule has 3 aromatic heterocycles. The van der Waals surface area contributed by atoms with Crippen LogP contribution in [0.4, 0.5) is 11.1 Å². The highest BCUT2D eigenvalue weighted by molar-refractivity contribution is 7.14. The van der Waals surface area contributed by atoms with Crippen molar-refractivity contribution in [3.63, 3.8) is 0 Å². The molecule has 0 aliphatic heterocycles. The minimum atomic E-state index is -0.397. The first kappa shape index (κ1) is 13.3. The highest BCUT2D eigenvalue weighted by Gasteiger charge is 2.14. The predicted octanol–water partition coefficient (Wildman–Crippen LogP) is 2.49. The molecule has 0 saturated carbocycles. The van der Waals surface area contributed by atoms with Gasteiger partial charge in [-0.1, -0.05) is 6.07 Å². The number of carbonyl (C=O) groups excluding carboxylic acids is 1. The lowest BCUT2D eigenvalue weighted by atomic mass is 10.3. The van der Waals surface area contributed by atoms with Gasteiger partial charge in [0.25, 0.3) is 11.9 Å². The molecule has 0 saturated heterocycles. The van der Waals surface area contributed by atoms with Gasteiger partial charge in [-0.05, 0) is 12.1 Å². The zero-order chi connectivity index (χ0) is 14.7. The molecule has 0 fully saturated rings. The molecule has 3 heterocycles. The van der Waals surface area contributed by atoms with Crippen LogP contribution in [0.15, 0.2) is 40.4 Å². The van der Waals surface area contributed by atoms with Gasteiger partial charge in [-0.2, -0.15) is 0 Å². The van der Waals surface area contributed by atoms with Crippen molar-refractivity contribution in [2.24, 2.45) is 0 Å². The zero-order valence-electron chi connectivity index (χ0n) is 11.0. The smallest absolute Gasteiger partial charge is 0.294 e. The number of hydrogen-bond acceptors (Lipinski definition) is 7. The van der Waals surface area contributed by atoms with Gasteiger partial charge in [0.05, 0.1) is 11.9 Å². The molecular formula is C13H11N5O2S. The number of thiazole rings is 1. The summed E-state index contributed by atoms with van der Waals surface area (Å²) in [6.45, 7) is 0. The Bertz CT molecular complexity index is 753. The first-order chi connectivity index (χ1) is 10.3. The molecule has 8 heteroatoms. The van der Waals surface area contributed by atoms with E-state index < -0.39 is 5.91 Å². The summed E-state index contributed by atoms with van der Waals surface area (Å²) in [7, 11) is 1.66. The van der Waals surface area contributed by atoms with Crippen molar-refractivity contribution in [3.8, 4) is 11.4 Å². The topological polar surface area (TPSA) is 92.9 Å². The highest BCUT2D eigenvalue weighted by Crippen LogP contribution is 2.23. The number of aromatic nitrogens is 3. The molecule has 21 heavy (non-hydrogen) atoms. The third-order valence-corrected chi connectivity index (χ3v) is 3.35. The van der Waals surface area contributed by atoms with Crippen LogP contribution in [-0.4, -0.2) is 27.9 Å². The van der Waals surface area contributed by atoms with E-state index in [2.05, 4.69) is 25.6 Å². The van der Waals surface area contributed by atoms with Gasteiger partial charge in [0, 0.05) is 18.6 Å². The number of hydrogen-bond donors (Lipinski definition) is 2. The Labute approximate surface area is 124 Å². The molecule has 3 aromatic rings. The van der Waals surface area contributed by atoms with E-state index in [1.165, 1.54) is 17.5 Å². The molecule has 3 rings (SSSR count). The monoisotopic (exact) mass is 301 g/mol. The second-order valence-corrected chi connectivity index (χ2v) is 4.84. The number of pyridine rings is 1. The number of rotatable bonds is 4. The van der Waals surface area contributed by atoms with Crippen molar-refractivity contribution in [2.75, 3.05) is 17.7 Å². The quantitative estimate of drug-likeness (QED) is 0.769. The molecule has 2 N–H and O–H groups in total.